The zero-order valence-electron chi connectivity index (χ0n) is 16.3. The van der Waals surface area contributed by atoms with Crippen molar-refractivity contribution < 1.29 is 19.1 Å². The van der Waals surface area contributed by atoms with Gasteiger partial charge in [0.05, 0.1) is 29.8 Å². The van der Waals surface area contributed by atoms with Crippen molar-refractivity contribution in [3.8, 4) is 5.69 Å². The summed E-state index contributed by atoms with van der Waals surface area (Å²) in [6.45, 7) is 1.43. The maximum Gasteiger partial charge on any atom is 0.339 e. The molecule has 0 bridgehead atoms. The van der Waals surface area contributed by atoms with Crippen LogP contribution in [0, 0.1) is 0 Å². The van der Waals surface area contributed by atoms with Crippen molar-refractivity contribution in [2.45, 2.75) is 12.1 Å². The molecule has 3 rings (SSSR count). The highest BCUT2D eigenvalue weighted by Gasteiger charge is 2.15. The van der Waals surface area contributed by atoms with Gasteiger partial charge in [0.25, 0.3) is 0 Å². The number of esters is 1. The molecule has 0 aliphatic carbocycles. The van der Waals surface area contributed by atoms with E-state index in [2.05, 4.69) is 20.8 Å². The topological polar surface area (TPSA) is 115 Å². The second-order valence-electron chi connectivity index (χ2n) is 6.09. The van der Waals surface area contributed by atoms with E-state index in [-0.39, 0.29) is 23.1 Å². The third-order valence-corrected chi connectivity index (χ3v) is 4.84. The molecule has 1 aromatic heterocycles. The summed E-state index contributed by atoms with van der Waals surface area (Å²) < 4.78 is 6.45. The number of carbonyl (C=O) groups excluding carboxylic acids is 3. The lowest BCUT2D eigenvalue weighted by Gasteiger charge is -2.10. The molecule has 154 valence electrons. The Balaban J connectivity index is 1.69. The van der Waals surface area contributed by atoms with Gasteiger partial charge in [-0.2, -0.15) is 0 Å². The second-order valence-corrected chi connectivity index (χ2v) is 7.03. The number of nitrogens with one attached hydrogen (secondary N) is 2. The number of rotatable bonds is 7. The van der Waals surface area contributed by atoms with Crippen molar-refractivity contribution in [1.29, 1.82) is 0 Å². The van der Waals surface area contributed by atoms with E-state index >= 15 is 0 Å². The van der Waals surface area contributed by atoms with E-state index in [1.807, 2.05) is 6.07 Å². The molecule has 10 heteroatoms. The lowest BCUT2D eigenvalue weighted by Crippen LogP contribution is -2.17. The summed E-state index contributed by atoms with van der Waals surface area (Å²) in [4.78, 5) is 35.5. The molecule has 2 amide bonds. The van der Waals surface area contributed by atoms with Crippen LogP contribution in [0.2, 0.25) is 0 Å². The summed E-state index contributed by atoms with van der Waals surface area (Å²) in [6, 6.07) is 13.8. The molecule has 0 atom stereocenters. The molecule has 3 aromatic rings. The Morgan fingerprint density at radius 3 is 2.67 bits per heavy atom. The number of methoxy groups -OCH3 is 1. The maximum absolute atomic E-state index is 12.4. The number of para-hydroxylation sites is 1. The van der Waals surface area contributed by atoms with Crippen LogP contribution >= 0.6 is 11.8 Å². The SMILES string of the molecule is COC(=O)c1ccccc1NC(=O)CSc1nncn1-c1cccc(NC(C)=O)c1. The zero-order valence-corrected chi connectivity index (χ0v) is 17.1. The van der Waals surface area contributed by atoms with E-state index in [1.54, 1.807) is 47.0 Å². The molecule has 0 spiro atoms. The Bertz CT molecular complexity index is 1080. The third kappa shape index (κ3) is 5.23. The van der Waals surface area contributed by atoms with Crippen molar-refractivity contribution in [2.75, 3.05) is 23.5 Å². The van der Waals surface area contributed by atoms with Gasteiger partial charge in [-0.3, -0.25) is 14.2 Å². The van der Waals surface area contributed by atoms with E-state index in [4.69, 9.17) is 4.74 Å². The lowest BCUT2D eigenvalue weighted by molar-refractivity contribution is -0.114. The number of thioether (sulfide) groups is 1. The lowest BCUT2D eigenvalue weighted by atomic mass is 10.2. The number of benzene rings is 2. The number of amides is 2. The molecule has 2 N–H and O–H groups in total. The van der Waals surface area contributed by atoms with E-state index in [0.717, 1.165) is 5.69 Å². The number of carbonyl (C=O) groups is 3. The van der Waals surface area contributed by atoms with Crippen LogP contribution in [0.3, 0.4) is 0 Å². The van der Waals surface area contributed by atoms with Crippen LogP contribution in [-0.2, 0) is 14.3 Å². The van der Waals surface area contributed by atoms with E-state index in [0.29, 0.717) is 16.5 Å². The number of nitrogens with zero attached hydrogens (tertiary/aromatic N) is 3. The number of aromatic nitrogens is 3. The summed E-state index contributed by atoms with van der Waals surface area (Å²) in [5.41, 5.74) is 2.03. The second kappa shape index (κ2) is 9.70. The molecule has 0 saturated carbocycles. The van der Waals surface area contributed by atoms with Gasteiger partial charge in [-0.15, -0.1) is 10.2 Å². The average Bonchev–Trinajstić information content (AvgIpc) is 3.20. The third-order valence-electron chi connectivity index (χ3n) is 3.90. The van der Waals surface area contributed by atoms with Crippen molar-refractivity contribution in [3.05, 3.63) is 60.4 Å². The fraction of sp³-hybridized carbons (Fsp3) is 0.150. The molecular weight excluding hydrogens is 406 g/mol. The highest BCUT2D eigenvalue weighted by atomic mass is 32.2. The van der Waals surface area contributed by atoms with Crippen LogP contribution in [-0.4, -0.2) is 45.4 Å². The quantitative estimate of drug-likeness (QED) is 0.442. The molecule has 0 radical (unpaired) electrons. The van der Waals surface area contributed by atoms with Crippen LogP contribution in [0.5, 0.6) is 0 Å². The average molecular weight is 425 g/mol. The Morgan fingerprint density at radius 1 is 1.10 bits per heavy atom. The standard InChI is InChI=1S/C20H19N5O4S/c1-13(26)22-14-6-5-7-15(10-14)25-12-21-24-20(25)30-11-18(27)23-17-9-4-3-8-16(17)19(28)29-2/h3-10,12H,11H2,1-2H3,(H,22,26)(H,23,27). The van der Waals surface area contributed by atoms with Gasteiger partial charge in [-0.05, 0) is 30.3 Å². The predicted molar refractivity (Wildman–Crippen MR) is 113 cm³/mol. The summed E-state index contributed by atoms with van der Waals surface area (Å²) >= 11 is 1.19. The Kier molecular flexibility index (Phi) is 6.81. The first-order chi connectivity index (χ1) is 14.5. The van der Waals surface area contributed by atoms with Gasteiger partial charge in [-0.25, -0.2) is 4.79 Å². The summed E-state index contributed by atoms with van der Waals surface area (Å²) in [5, 5.41) is 13.9. The molecule has 30 heavy (non-hydrogen) atoms. The largest absolute Gasteiger partial charge is 0.465 e. The van der Waals surface area contributed by atoms with Gasteiger partial charge in [0.2, 0.25) is 11.8 Å². The predicted octanol–water partition coefficient (Wildman–Crippen LogP) is 2.74. The minimum atomic E-state index is -0.530. The van der Waals surface area contributed by atoms with Gasteiger partial charge < -0.3 is 15.4 Å². The van der Waals surface area contributed by atoms with E-state index in [1.165, 1.54) is 32.1 Å². The van der Waals surface area contributed by atoms with Crippen molar-refractivity contribution >= 4 is 40.9 Å². The van der Waals surface area contributed by atoms with Gasteiger partial charge in [0, 0.05) is 12.6 Å². The normalized spacial score (nSPS) is 10.3. The van der Waals surface area contributed by atoms with Crippen LogP contribution in [0.1, 0.15) is 17.3 Å². The Labute approximate surface area is 176 Å². The van der Waals surface area contributed by atoms with E-state index in [9.17, 15) is 14.4 Å². The van der Waals surface area contributed by atoms with E-state index < -0.39 is 5.97 Å². The Hall–Kier alpha value is -3.66. The first-order valence-electron chi connectivity index (χ1n) is 8.86. The fourth-order valence-electron chi connectivity index (χ4n) is 2.63. The van der Waals surface area contributed by atoms with Crippen LogP contribution in [0.15, 0.2) is 60.0 Å². The molecular formula is C20H19N5O4S. The summed E-state index contributed by atoms with van der Waals surface area (Å²) in [7, 11) is 1.28. The summed E-state index contributed by atoms with van der Waals surface area (Å²) in [6.07, 6.45) is 1.53. The highest BCUT2D eigenvalue weighted by Crippen LogP contribution is 2.22. The number of hydrogen-bond acceptors (Lipinski definition) is 7. The van der Waals surface area contributed by atoms with Crippen LogP contribution < -0.4 is 10.6 Å². The van der Waals surface area contributed by atoms with Crippen LogP contribution in [0.4, 0.5) is 11.4 Å². The minimum Gasteiger partial charge on any atom is -0.465 e. The molecule has 0 aliphatic heterocycles. The van der Waals surface area contributed by atoms with Gasteiger partial charge in [0.1, 0.15) is 6.33 Å². The zero-order chi connectivity index (χ0) is 21.5. The molecule has 9 nitrogen and oxygen atoms in total. The molecule has 0 fully saturated rings. The molecule has 0 aliphatic rings. The van der Waals surface area contributed by atoms with Crippen molar-refractivity contribution in [2.24, 2.45) is 0 Å². The highest BCUT2D eigenvalue weighted by molar-refractivity contribution is 7.99. The smallest absolute Gasteiger partial charge is 0.339 e. The van der Waals surface area contributed by atoms with Gasteiger partial charge >= 0.3 is 5.97 Å². The number of anilines is 2. The fourth-order valence-corrected chi connectivity index (χ4v) is 3.36. The van der Waals surface area contributed by atoms with Gasteiger partial charge in [-0.1, -0.05) is 30.0 Å². The van der Waals surface area contributed by atoms with Gasteiger partial charge in [0.15, 0.2) is 5.16 Å². The van der Waals surface area contributed by atoms with Crippen LogP contribution in [0.25, 0.3) is 5.69 Å². The molecule has 1 heterocycles. The summed E-state index contributed by atoms with van der Waals surface area (Å²) in [5.74, 6) is -0.954. The van der Waals surface area contributed by atoms with Crippen molar-refractivity contribution in [1.82, 2.24) is 14.8 Å². The first-order valence-corrected chi connectivity index (χ1v) is 9.84. The van der Waals surface area contributed by atoms with Crippen molar-refractivity contribution in [3.63, 3.8) is 0 Å². The monoisotopic (exact) mass is 425 g/mol. The molecule has 0 unspecified atom stereocenters. The Morgan fingerprint density at radius 2 is 1.90 bits per heavy atom. The minimum absolute atomic E-state index is 0.0551. The maximum atomic E-state index is 12.4. The first kappa shape index (κ1) is 21.1. The number of hydrogen-bond donors (Lipinski definition) is 2. The molecule has 2 aromatic carbocycles. The molecule has 0 saturated heterocycles. The number of ether oxygens (including phenoxy) is 1.